The van der Waals surface area contributed by atoms with Gasteiger partial charge in [0, 0.05) is 6.04 Å². The Balaban J connectivity index is 2.60. The Hall–Kier alpha value is -0.545. The van der Waals surface area contributed by atoms with E-state index in [2.05, 4.69) is 0 Å². The van der Waals surface area contributed by atoms with Gasteiger partial charge >= 0.3 is 5.97 Å². The predicted molar refractivity (Wildman–Crippen MR) is 64.3 cm³/mol. The summed E-state index contributed by atoms with van der Waals surface area (Å²) in [6.45, 7) is 0. The van der Waals surface area contributed by atoms with Crippen molar-refractivity contribution in [2.45, 2.75) is 56.4 Å². The molecule has 1 fully saturated rings. The zero-order chi connectivity index (χ0) is 12.2. The van der Waals surface area contributed by atoms with Crippen LogP contribution < -0.4 is 11.5 Å². The molecule has 90 valence electrons. The molecule has 0 saturated heterocycles. The van der Waals surface area contributed by atoms with Crippen LogP contribution in [0.2, 0.25) is 6.32 Å². The third-order valence-electron chi connectivity index (χ3n) is 3.64. The molecule has 5 heteroatoms. The Morgan fingerprint density at radius 3 is 2.56 bits per heavy atom. The standard InChI is InChI=1S/C11H21BN2O2/c12-6-2-1-5-11(14,10(15)16)8-3-4-9(13)7-8/h8-9H,1-7,13-14H2,(H,15,16)/t8-,9-,11?/m0/s1. The highest BCUT2D eigenvalue weighted by molar-refractivity contribution is 6.08. The predicted octanol–water partition coefficient (Wildman–Crippen LogP) is 0.653. The van der Waals surface area contributed by atoms with Gasteiger partial charge in [0.2, 0.25) is 0 Å². The highest BCUT2D eigenvalue weighted by atomic mass is 16.4. The lowest BCUT2D eigenvalue weighted by molar-refractivity contribution is -0.146. The molecular formula is C11H21BN2O2. The molecule has 0 spiro atoms. The van der Waals surface area contributed by atoms with Gasteiger partial charge in [-0.3, -0.25) is 4.79 Å². The van der Waals surface area contributed by atoms with Crippen molar-refractivity contribution in [2.24, 2.45) is 17.4 Å². The topological polar surface area (TPSA) is 89.3 Å². The quantitative estimate of drug-likeness (QED) is 0.456. The molecular weight excluding hydrogens is 203 g/mol. The molecule has 1 aliphatic carbocycles. The Labute approximate surface area is 98.2 Å². The largest absolute Gasteiger partial charge is 0.480 e. The summed E-state index contributed by atoms with van der Waals surface area (Å²) in [6.07, 6.45) is 5.11. The zero-order valence-electron chi connectivity index (χ0n) is 9.69. The van der Waals surface area contributed by atoms with E-state index in [9.17, 15) is 9.90 Å². The Kier molecular flexibility index (Phi) is 4.80. The first-order valence-electron chi connectivity index (χ1n) is 5.98. The van der Waals surface area contributed by atoms with Gasteiger partial charge in [0.1, 0.15) is 5.54 Å². The fraction of sp³-hybridized carbons (Fsp3) is 0.909. The third-order valence-corrected chi connectivity index (χ3v) is 3.64. The summed E-state index contributed by atoms with van der Waals surface area (Å²) in [7, 11) is 5.40. The van der Waals surface area contributed by atoms with Crippen LogP contribution in [0, 0.1) is 5.92 Å². The van der Waals surface area contributed by atoms with Crippen molar-refractivity contribution in [1.82, 2.24) is 0 Å². The van der Waals surface area contributed by atoms with Crippen molar-refractivity contribution in [1.29, 1.82) is 0 Å². The van der Waals surface area contributed by atoms with Gasteiger partial charge in [0.25, 0.3) is 0 Å². The molecule has 0 bridgehead atoms. The minimum Gasteiger partial charge on any atom is -0.480 e. The fourth-order valence-electron chi connectivity index (χ4n) is 2.53. The maximum Gasteiger partial charge on any atom is 0.323 e. The van der Waals surface area contributed by atoms with E-state index in [1.165, 1.54) is 0 Å². The maximum atomic E-state index is 11.3. The molecule has 0 amide bonds. The summed E-state index contributed by atoms with van der Waals surface area (Å²) in [4.78, 5) is 11.3. The number of hydrogen-bond donors (Lipinski definition) is 3. The second-order valence-electron chi connectivity index (χ2n) is 4.86. The van der Waals surface area contributed by atoms with Crippen molar-refractivity contribution in [3.8, 4) is 0 Å². The van der Waals surface area contributed by atoms with Crippen LogP contribution in [0.15, 0.2) is 0 Å². The normalized spacial score (nSPS) is 28.9. The molecule has 0 heterocycles. The minimum absolute atomic E-state index is 0.0118. The lowest BCUT2D eigenvalue weighted by atomic mass is 9.79. The van der Waals surface area contributed by atoms with Crippen molar-refractivity contribution >= 4 is 13.8 Å². The first kappa shape index (κ1) is 13.5. The lowest BCUT2D eigenvalue weighted by Crippen LogP contribution is -2.53. The first-order valence-corrected chi connectivity index (χ1v) is 5.98. The third kappa shape index (κ3) is 2.98. The number of nitrogens with two attached hydrogens (primary N) is 2. The maximum absolute atomic E-state index is 11.3. The van der Waals surface area contributed by atoms with E-state index in [1.54, 1.807) is 0 Å². The summed E-state index contributed by atoms with van der Waals surface area (Å²) < 4.78 is 0. The number of aliphatic carboxylic acids is 1. The number of carbonyl (C=O) groups is 1. The van der Waals surface area contributed by atoms with Gasteiger partial charge in [0.05, 0.1) is 7.85 Å². The van der Waals surface area contributed by atoms with Crippen LogP contribution in [0.4, 0.5) is 0 Å². The van der Waals surface area contributed by atoms with Crippen molar-refractivity contribution in [2.75, 3.05) is 0 Å². The molecule has 3 atom stereocenters. The molecule has 1 saturated carbocycles. The Morgan fingerprint density at radius 2 is 2.12 bits per heavy atom. The van der Waals surface area contributed by atoms with Gasteiger partial charge in [-0.2, -0.15) is 0 Å². The molecule has 16 heavy (non-hydrogen) atoms. The monoisotopic (exact) mass is 224 g/mol. The fourth-order valence-corrected chi connectivity index (χ4v) is 2.53. The van der Waals surface area contributed by atoms with Crippen LogP contribution in [-0.4, -0.2) is 30.5 Å². The molecule has 1 aliphatic rings. The molecule has 5 N–H and O–H groups in total. The van der Waals surface area contributed by atoms with Gasteiger partial charge < -0.3 is 16.6 Å². The van der Waals surface area contributed by atoms with E-state index in [0.29, 0.717) is 12.7 Å². The average molecular weight is 224 g/mol. The van der Waals surface area contributed by atoms with Crippen LogP contribution in [0.1, 0.15) is 38.5 Å². The number of unbranched alkanes of at least 4 members (excludes halogenated alkanes) is 1. The van der Waals surface area contributed by atoms with Crippen LogP contribution in [0.25, 0.3) is 0 Å². The molecule has 2 radical (unpaired) electrons. The SMILES string of the molecule is [B]CCCCC(N)(C(=O)O)[C@H]1CC[C@H](N)C1. The van der Waals surface area contributed by atoms with Crippen LogP contribution in [0.3, 0.4) is 0 Å². The van der Waals surface area contributed by atoms with Crippen molar-refractivity contribution in [3.63, 3.8) is 0 Å². The van der Waals surface area contributed by atoms with E-state index in [4.69, 9.17) is 19.3 Å². The molecule has 0 aromatic heterocycles. The molecule has 1 rings (SSSR count). The molecule has 0 aromatic rings. The highest BCUT2D eigenvalue weighted by Gasteiger charge is 2.44. The van der Waals surface area contributed by atoms with Gasteiger partial charge in [-0.05, 0) is 31.6 Å². The summed E-state index contributed by atoms with van der Waals surface area (Å²) in [5.74, 6) is -0.888. The number of hydrogen-bond acceptors (Lipinski definition) is 3. The van der Waals surface area contributed by atoms with Gasteiger partial charge in [-0.25, -0.2) is 0 Å². The van der Waals surface area contributed by atoms with Crippen LogP contribution in [0.5, 0.6) is 0 Å². The smallest absolute Gasteiger partial charge is 0.323 e. The average Bonchev–Trinajstić information content (AvgIpc) is 2.65. The van der Waals surface area contributed by atoms with Gasteiger partial charge in [-0.1, -0.05) is 19.2 Å². The van der Waals surface area contributed by atoms with E-state index >= 15 is 0 Å². The summed E-state index contributed by atoms with van der Waals surface area (Å²) in [6, 6.07) is 0.113. The number of rotatable bonds is 6. The van der Waals surface area contributed by atoms with E-state index in [-0.39, 0.29) is 12.0 Å². The lowest BCUT2D eigenvalue weighted by Gasteiger charge is -2.31. The van der Waals surface area contributed by atoms with Crippen molar-refractivity contribution < 1.29 is 9.90 Å². The second-order valence-corrected chi connectivity index (χ2v) is 4.86. The first-order chi connectivity index (χ1) is 7.50. The zero-order valence-corrected chi connectivity index (χ0v) is 9.69. The molecule has 0 aliphatic heterocycles. The van der Waals surface area contributed by atoms with Crippen LogP contribution >= 0.6 is 0 Å². The highest BCUT2D eigenvalue weighted by Crippen LogP contribution is 2.35. The summed E-state index contributed by atoms with van der Waals surface area (Å²) >= 11 is 0. The van der Waals surface area contributed by atoms with Gasteiger partial charge in [0.15, 0.2) is 0 Å². The minimum atomic E-state index is -1.11. The number of carboxylic acids is 1. The molecule has 1 unspecified atom stereocenters. The van der Waals surface area contributed by atoms with E-state index in [1.807, 2.05) is 0 Å². The molecule has 0 aromatic carbocycles. The van der Waals surface area contributed by atoms with Gasteiger partial charge in [-0.15, -0.1) is 0 Å². The summed E-state index contributed by atoms with van der Waals surface area (Å²) in [5.41, 5.74) is 10.8. The number of carboxylic acid groups (broad SMARTS) is 1. The van der Waals surface area contributed by atoms with E-state index in [0.717, 1.165) is 32.1 Å². The Morgan fingerprint density at radius 1 is 1.44 bits per heavy atom. The molecule has 4 nitrogen and oxygen atoms in total. The van der Waals surface area contributed by atoms with Crippen molar-refractivity contribution in [3.05, 3.63) is 0 Å². The van der Waals surface area contributed by atoms with Crippen LogP contribution in [-0.2, 0) is 4.79 Å². The Bertz CT molecular complexity index is 250. The van der Waals surface area contributed by atoms with E-state index < -0.39 is 11.5 Å². The summed E-state index contributed by atoms with van der Waals surface area (Å²) in [5, 5.41) is 9.28. The second kappa shape index (κ2) is 5.68.